The normalized spacial score (nSPS) is 10.7. The molecule has 23 heavy (non-hydrogen) atoms. The van der Waals surface area contributed by atoms with Gasteiger partial charge >= 0.3 is 5.97 Å². The summed E-state index contributed by atoms with van der Waals surface area (Å²) in [7, 11) is 1.34. The first-order chi connectivity index (χ1) is 11.0. The zero-order chi connectivity index (χ0) is 16.6. The summed E-state index contributed by atoms with van der Waals surface area (Å²) in [5, 5.41) is 0. The molecular weight excluding hydrogens is 290 g/mol. The van der Waals surface area contributed by atoms with Crippen LogP contribution >= 0.6 is 0 Å². The van der Waals surface area contributed by atoms with Crippen molar-refractivity contribution in [3.8, 4) is 11.3 Å². The molecule has 2 heterocycles. The van der Waals surface area contributed by atoms with Gasteiger partial charge in [-0.1, -0.05) is 36.4 Å². The Kier molecular flexibility index (Phi) is 3.70. The second-order valence-corrected chi connectivity index (χ2v) is 5.41. The molecule has 116 valence electrons. The number of fused-ring (bicyclic) bond motifs is 1. The molecule has 0 saturated carbocycles. The van der Waals surface area contributed by atoms with Gasteiger partial charge in [0.1, 0.15) is 5.82 Å². The number of rotatable bonds is 3. The molecule has 2 aromatic heterocycles. The fourth-order valence-corrected chi connectivity index (χ4v) is 2.46. The van der Waals surface area contributed by atoms with Gasteiger partial charge in [-0.25, -0.2) is 14.8 Å². The Bertz CT molecular complexity index is 908. The van der Waals surface area contributed by atoms with Gasteiger partial charge in [-0.3, -0.25) is 0 Å². The van der Waals surface area contributed by atoms with Crippen LogP contribution in [0.15, 0.2) is 36.9 Å². The first-order valence-electron chi connectivity index (χ1n) is 7.21. The third-order valence-corrected chi connectivity index (χ3v) is 3.66. The number of nitrogens with zero attached hydrogens (tertiary/aromatic N) is 2. The Balaban J connectivity index is 2.12. The van der Waals surface area contributed by atoms with Crippen molar-refractivity contribution in [2.45, 2.75) is 13.8 Å². The van der Waals surface area contributed by atoms with Crippen LogP contribution < -0.4 is 0 Å². The molecule has 0 aliphatic heterocycles. The van der Waals surface area contributed by atoms with Crippen LogP contribution in [-0.2, 0) is 4.74 Å². The van der Waals surface area contributed by atoms with Crippen molar-refractivity contribution in [1.82, 2.24) is 15.0 Å². The minimum atomic E-state index is -0.480. The molecule has 0 radical (unpaired) electrons. The van der Waals surface area contributed by atoms with Gasteiger partial charge in [0.15, 0.2) is 5.69 Å². The van der Waals surface area contributed by atoms with E-state index in [1.165, 1.54) is 7.11 Å². The van der Waals surface area contributed by atoms with Crippen LogP contribution in [0.5, 0.6) is 0 Å². The zero-order valence-corrected chi connectivity index (χ0v) is 13.3. The minimum absolute atomic E-state index is 0.250. The third kappa shape index (κ3) is 2.73. The highest BCUT2D eigenvalue weighted by atomic mass is 16.5. The largest absolute Gasteiger partial charge is 0.464 e. The lowest BCUT2D eigenvalue weighted by atomic mass is 10.1. The van der Waals surface area contributed by atoms with Crippen LogP contribution in [0, 0.1) is 6.92 Å². The maximum atomic E-state index is 11.9. The highest BCUT2D eigenvalue weighted by molar-refractivity contribution is 6.01. The van der Waals surface area contributed by atoms with Crippen LogP contribution in [0.4, 0.5) is 0 Å². The molecular formula is C18H17N3O2. The molecule has 5 nitrogen and oxygen atoms in total. The van der Waals surface area contributed by atoms with Crippen molar-refractivity contribution >= 4 is 22.6 Å². The smallest absolute Gasteiger partial charge is 0.358 e. The molecule has 0 atom stereocenters. The van der Waals surface area contributed by atoms with E-state index in [4.69, 9.17) is 4.74 Å². The molecule has 1 N–H and O–H groups in total. The van der Waals surface area contributed by atoms with E-state index in [-0.39, 0.29) is 5.69 Å². The summed E-state index contributed by atoms with van der Waals surface area (Å²) >= 11 is 0. The summed E-state index contributed by atoms with van der Waals surface area (Å²) in [6.07, 6.45) is 0. The Morgan fingerprint density at radius 3 is 2.52 bits per heavy atom. The lowest BCUT2D eigenvalue weighted by Crippen LogP contribution is -2.07. The molecule has 0 aliphatic carbocycles. The third-order valence-electron chi connectivity index (χ3n) is 3.66. The number of aromatic nitrogens is 3. The molecule has 0 aliphatic rings. The fourth-order valence-electron chi connectivity index (χ4n) is 2.46. The standard InChI is InChI=1S/C18H17N3O2/c1-10(2)12-5-7-13(8-6-12)14-9-15-16(21-14)17(18(22)23-4)20-11(3)19-15/h5-9,21H,1H2,2-4H3. The number of carbonyl (C=O) groups is 1. The average Bonchev–Trinajstić information content (AvgIpc) is 2.97. The van der Waals surface area contributed by atoms with E-state index in [0.717, 1.165) is 22.4 Å². The van der Waals surface area contributed by atoms with Gasteiger partial charge in [0.25, 0.3) is 0 Å². The second-order valence-electron chi connectivity index (χ2n) is 5.41. The summed E-state index contributed by atoms with van der Waals surface area (Å²) in [4.78, 5) is 23.7. The molecule has 1 aromatic carbocycles. The summed E-state index contributed by atoms with van der Waals surface area (Å²) in [6, 6.07) is 9.95. The monoisotopic (exact) mass is 307 g/mol. The maximum Gasteiger partial charge on any atom is 0.358 e. The van der Waals surface area contributed by atoms with Crippen molar-refractivity contribution in [1.29, 1.82) is 0 Å². The molecule has 0 spiro atoms. The number of esters is 1. The Labute approximate surface area is 134 Å². The predicted octanol–water partition coefficient (Wildman–Crippen LogP) is 3.75. The lowest BCUT2D eigenvalue weighted by Gasteiger charge is -2.02. The molecule has 0 saturated heterocycles. The van der Waals surface area contributed by atoms with E-state index in [1.54, 1.807) is 6.92 Å². The van der Waals surface area contributed by atoms with Crippen LogP contribution in [-0.4, -0.2) is 28.0 Å². The second kappa shape index (κ2) is 5.68. The highest BCUT2D eigenvalue weighted by Crippen LogP contribution is 2.26. The summed E-state index contributed by atoms with van der Waals surface area (Å²) < 4.78 is 4.80. The number of allylic oxidation sites excluding steroid dienone is 1. The maximum absolute atomic E-state index is 11.9. The average molecular weight is 307 g/mol. The number of methoxy groups -OCH3 is 1. The van der Waals surface area contributed by atoms with Gasteiger partial charge in [-0.2, -0.15) is 0 Å². The van der Waals surface area contributed by atoms with Gasteiger partial charge in [0.2, 0.25) is 0 Å². The van der Waals surface area contributed by atoms with Crippen molar-refractivity contribution in [2.75, 3.05) is 7.11 Å². The van der Waals surface area contributed by atoms with E-state index in [9.17, 15) is 4.79 Å². The first kappa shape index (κ1) is 15.0. The number of hydrogen-bond acceptors (Lipinski definition) is 4. The summed E-state index contributed by atoms with van der Waals surface area (Å²) in [5.41, 5.74) is 5.51. The number of nitrogens with one attached hydrogen (secondary N) is 1. The highest BCUT2D eigenvalue weighted by Gasteiger charge is 2.17. The molecule has 0 fully saturated rings. The predicted molar refractivity (Wildman–Crippen MR) is 90.1 cm³/mol. The number of H-pyrrole nitrogens is 1. The van der Waals surface area contributed by atoms with Crippen LogP contribution in [0.1, 0.15) is 28.8 Å². The number of carbonyl (C=O) groups excluding carboxylic acids is 1. The van der Waals surface area contributed by atoms with Crippen LogP contribution in [0.2, 0.25) is 0 Å². The Morgan fingerprint density at radius 1 is 1.22 bits per heavy atom. The van der Waals surface area contributed by atoms with Crippen molar-refractivity contribution in [3.63, 3.8) is 0 Å². The van der Waals surface area contributed by atoms with Gasteiger partial charge in [-0.05, 0) is 31.0 Å². The van der Waals surface area contributed by atoms with E-state index < -0.39 is 5.97 Å². The number of ether oxygens (including phenoxy) is 1. The van der Waals surface area contributed by atoms with Crippen molar-refractivity contribution < 1.29 is 9.53 Å². The Hall–Kier alpha value is -2.95. The Morgan fingerprint density at radius 2 is 1.91 bits per heavy atom. The molecule has 3 rings (SSSR count). The van der Waals surface area contributed by atoms with Crippen molar-refractivity contribution in [2.24, 2.45) is 0 Å². The van der Waals surface area contributed by atoms with Gasteiger partial charge in [0, 0.05) is 5.69 Å². The summed E-state index contributed by atoms with van der Waals surface area (Å²) in [5.74, 6) is 0.0487. The van der Waals surface area contributed by atoms with E-state index >= 15 is 0 Å². The first-order valence-corrected chi connectivity index (χ1v) is 7.21. The number of hydrogen-bond donors (Lipinski definition) is 1. The fraction of sp³-hybridized carbons (Fsp3) is 0.167. The van der Waals surface area contributed by atoms with Gasteiger partial charge < -0.3 is 9.72 Å². The van der Waals surface area contributed by atoms with Gasteiger partial charge in [-0.15, -0.1) is 0 Å². The SMILES string of the molecule is C=C(C)c1ccc(-c2cc3nc(C)nc(C(=O)OC)c3[nH]2)cc1. The van der Waals surface area contributed by atoms with Gasteiger partial charge in [0.05, 0.1) is 18.1 Å². The number of aryl methyl sites for hydroxylation is 1. The number of aromatic amines is 1. The minimum Gasteiger partial charge on any atom is -0.464 e. The molecule has 0 bridgehead atoms. The molecule has 0 amide bonds. The van der Waals surface area contributed by atoms with E-state index in [1.807, 2.05) is 37.3 Å². The molecule has 3 aromatic rings. The van der Waals surface area contributed by atoms with E-state index in [2.05, 4.69) is 21.5 Å². The van der Waals surface area contributed by atoms with Crippen LogP contribution in [0.3, 0.4) is 0 Å². The lowest BCUT2D eigenvalue weighted by molar-refractivity contribution is 0.0596. The quantitative estimate of drug-likeness (QED) is 0.748. The van der Waals surface area contributed by atoms with Crippen molar-refractivity contribution in [3.05, 3.63) is 54.0 Å². The number of benzene rings is 1. The molecule has 5 heteroatoms. The van der Waals surface area contributed by atoms with E-state index in [0.29, 0.717) is 16.9 Å². The zero-order valence-electron chi connectivity index (χ0n) is 13.3. The topological polar surface area (TPSA) is 67.9 Å². The molecule has 0 unspecified atom stereocenters. The summed E-state index contributed by atoms with van der Waals surface area (Å²) in [6.45, 7) is 7.66. The van der Waals surface area contributed by atoms with Crippen LogP contribution in [0.25, 0.3) is 27.9 Å².